The topological polar surface area (TPSA) is 74.2 Å². The largest absolute Gasteiger partial charge is 0.433 e. The number of aliphatic imine (C=N–C) groups is 1. The van der Waals surface area contributed by atoms with E-state index in [1.165, 1.54) is 12.1 Å². The lowest BCUT2D eigenvalue weighted by atomic mass is 10.1. The minimum atomic E-state index is -4.51. The monoisotopic (exact) mass is 526 g/mol. The maximum absolute atomic E-state index is 13.2. The first-order valence-corrected chi connectivity index (χ1v) is 8.79. The molecule has 29 heavy (non-hydrogen) atoms. The molecule has 3 N–H and O–H groups in total. The second-order valence-electron chi connectivity index (χ2n) is 5.76. The number of anilines is 1. The van der Waals surface area contributed by atoms with E-state index >= 15 is 0 Å². The van der Waals surface area contributed by atoms with Crippen LogP contribution in [0.1, 0.15) is 18.2 Å². The summed E-state index contributed by atoms with van der Waals surface area (Å²) in [7, 11) is 0. The molecule has 2 aromatic rings. The SMILES string of the molecule is CCNC(=NCCc1cccc(F)c1)NCCNc1nccc(C(F)(F)F)n1.I. The van der Waals surface area contributed by atoms with Gasteiger partial charge in [0.2, 0.25) is 5.95 Å². The van der Waals surface area contributed by atoms with Gasteiger partial charge in [0.25, 0.3) is 0 Å². The van der Waals surface area contributed by atoms with Gasteiger partial charge in [0.1, 0.15) is 11.5 Å². The predicted octanol–water partition coefficient (Wildman–Crippen LogP) is 3.46. The van der Waals surface area contributed by atoms with Gasteiger partial charge < -0.3 is 16.0 Å². The van der Waals surface area contributed by atoms with Crippen LogP contribution in [0, 0.1) is 5.82 Å². The molecule has 0 saturated heterocycles. The molecule has 11 heteroatoms. The number of hydrogen-bond donors (Lipinski definition) is 3. The van der Waals surface area contributed by atoms with Crippen LogP contribution in [0.2, 0.25) is 0 Å². The Labute approximate surface area is 183 Å². The molecule has 0 saturated carbocycles. The van der Waals surface area contributed by atoms with Crippen molar-refractivity contribution in [2.45, 2.75) is 19.5 Å². The van der Waals surface area contributed by atoms with E-state index in [4.69, 9.17) is 0 Å². The van der Waals surface area contributed by atoms with E-state index in [0.717, 1.165) is 17.8 Å². The molecule has 0 amide bonds. The van der Waals surface area contributed by atoms with Crippen LogP contribution in [0.5, 0.6) is 0 Å². The number of nitrogens with zero attached hydrogens (tertiary/aromatic N) is 3. The quantitative estimate of drug-likeness (QED) is 0.162. The Kier molecular flexibility index (Phi) is 10.6. The number of nitrogens with one attached hydrogen (secondary N) is 3. The number of rotatable bonds is 8. The first-order chi connectivity index (χ1) is 13.4. The first-order valence-electron chi connectivity index (χ1n) is 8.79. The number of benzene rings is 1. The van der Waals surface area contributed by atoms with E-state index in [1.54, 1.807) is 6.07 Å². The van der Waals surface area contributed by atoms with Gasteiger partial charge in [-0.1, -0.05) is 12.1 Å². The number of hydrogen-bond acceptors (Lipinski definition) is 4. The van der Waals surface area contributed by atoms with Crippen molar-refractivity contribution >= 4 is 35.9 Å². The summed E-state index contributed by atoms with van der Waals surface area (Å²) < 4.78 is 51.1. The molecule has 0 aliphatic rings. The van der Waals surface area contributed by atoms with Crippen molar-refractivity contribution in [1.82, 2.24) is 20.6 Å². The van der Waals surface area contributed by atoms with Crippen LogP contribution in [0.3, 0.4) is 0 Å². The Morgan fingerprint density at radius 3 is 2.62 bits per heavy atom. The molecule has 1 aromatic heterocycles. The third-order valence-corrected chi connectivity index (χ3v) is 3.55. The molecule has 1 aromatic carbocycles. The van der Waals surface area contributed by atoms with E-state index in [2.05, 4.69) is 30.9 Å². The van der Waals surface area contributed by atoms with Gasteiger partial charge in [-0.05, 0) is 37.1 Å². The van der Waals surface area contributed by atoms with Crippen molar-refractivity contribution in [3.8, 4) is 0 Å². The van der Waals surface area contributed by atoms with Gasteiger partial charge in [0, 0.05) is 32.4 Å². The second-order valence-corrected chi connectivity index (χ2v) is 5.76. The van der Waals surface area contributed by atoms with Gasteiger partial charge in [-0.15, -0.1) is 24.0 Å². The van der Waals surface area contributed by atoms with E-state index in [1.807, 2.05) is 13.0 Å². The Hall–Kier alpha value is -2.18. The molecule has 160 valence electrons. The highest BCUT2D eigenvalue weighted by Gasteiger charge is 2.32. The average molecular weight is 526 g/mol. The van der Waals surface area contributed by atoms with Gasteiger partial charge >= 0.3 is 6.18 Å². The summed E-state index contributed by atoms with van der Waals surface area (Å²) in [5.41, 5.74) is -0.145. The summed E-state index contributed by atoms with van der Waals surface area (Å²) in [6, 6.07) is 7.16. The third kappa shape index (κ3) is 9.24. The average Bonchev–Trinajstić information content (AvgIpc) is 2.65. The lowest BCUT2D eigenvalue weighted by Crippen LogP contribution is -2.39. The molecule has 6 nitrogen and oxygen atoms in total. The molecular formula is C18H23F4IN6. The minimum absolute atomic E-state index is 0. The van der Waals surface area contributed by atoms with Crippen molar-refractivity contribution in [2.75, 3.05) is 31.5 Å². The highest BCUT2D eigenvalue weighted by molar-refractivity contribution is 14.0. The molecule has 0 aliphatic heterocycles. The zero-order chi connectivity index (χ0) is 20.4. The standard InChI is InChI=1S/C18H22F4N6.HI/c1-2-23-16(24-8-6-13-4-3-5-14(19)12-13)26-10-11-27-17-25-9-7-15(28-17)18(20,21)22;/h3-5,7,9,12H,2,6,8,10-11H2,1H3,(H2,23,24,26)(H,25,27,28);1H. The fourth-order valence-corrected chi connectivity index (χ4v) is 2.29. The van der Waals surface area contributed by atoms with Gasteiger partial charge in [-0.25, -0.2) is 14.4 Å². The van der Waals surface area contributed by atoms with Gasteiger partial charge in [0.05, 0.1) is 0 Å². The summed E-state index contributed by atoms with van der Waals surface area (Å²) in [6.45, 7) is 3.72. The number of aromatic nitrogens is 2. The summed E-state index contributed by atoms with van der Waals surface area (Å²) in [5.74, 6) is 0.185. The van der Waals surface area contributed by atoms with Crippen LogP contribution in [-0.4, -0.2) is 42.1 Å². The van der Waals surface area contributed by atoms with Gasteiger partial charge in [-0.2, -0.15) is 13.2 Å². The Morgan fingerprint density at radius 1 is 1.14 bits per heavy atom. The number of alkyl halides is 3. The maximum Gasteiger partial charge on any atom is 0.433 e. The molecule has 0 spiro atoms. The molecule has 0 unspecified atom stereocenters. The zero-order valence-corrected chi connectivity index (χ0v) is 18.1. The fourth-order valence-electron chi connectivity index (χ4n) is 2.29. The molecular weight excluding hydrogens is 503 g/mol. The van der Waals surface area contributed by atoms with Crippen LogP contribution < -0.4 is 16.0 Å². The summed E-state index contributed by atoms with van der Waals surface area (Å²) >= 11 is 0. The Morgan fingerprint density at radius 2 is 1.93 bits per heavy atom. The third-order valence-electron chi connectivity index (χ3n) is 3.55. The zero-order valence-electron chi connectivity index (χ0n) is 15.8. The van der Waals surface area contributed by atoms with Crippen LogP contribution >= 0.6 is 24.0 Å². The first kappa shape index (κ1) is 24.9. The summed E-state index contributed by atoms with van der Waals surface area (Å²) in [6.07, 6.45) is -2.86. The van der Waals surface area contributed by atoms with Crippen LogP contribution in [0.4, 0.5) is 23.5 Å². The predicted molar refractivity (Wildman–Crippen MR) is 115 cm³/mol. The lowest BCUT2D eigenvalue weighted by molar-refractivity contribution is -0.141. The molecule has 2 rings (SSSR count). The van der Waals surface area contributed by atoms with Crippen molar-refractivity contribution in [3.05, 3.63) is 53.6 Å². The normalized spacial score (nSPS) is 11.6. The van der Waals surface area contributed by atoms with E-state index in [9.17, 15) is 17.6 Å². The Bertz CT molecular complexity index is 785. The van der Waals surface area contributed by atoms with Crippen LogP contribution in [-0.2, 0) is 12.6 Å². The van der Waals surface area contributed by atoms with Gasteiger partial charge in [-0.3, -0.25) is 4.99 Å². The molecule has 0 aliphatic carbocycles. The van der Waals surface area contributed by atoms with E-state index < -0.39 is 11.9 Å². The molecule has 0 bridgehead atoms. The van der Waals surface area contributed by atoms with Crippen molar-refractivity contribution in [1.29, 1.82) is 0 Å². The maximum atomic E-state index is 13.2. The van der Waals surface area contributed by atoms with Gasteiger partial charge in [0.15, 0.2) is 5.96 Å². The number of guanidine groups is 1. The van der Waals surface area contributed by atoms with E-state index in [0.29, 0.717) is 38.6 Å². The molecule has 0 radical (unpaired) electrons. The van der Waals surface area contributed by atoms with Crippen LogP contribution in [0.25, 0.3) is 0 Å². The summed E-state index contributed by atoms with van der Waals surface area (Å²) in [5, 5.41) is 8.86. The van der Waals surface area contributed by atoms with Crippen molar-refractivity contribution in [3.63, 3.8) is 0 Å². The molecule has 0 fully saturated rings. The van der Waals surface area contributed by atoms with E-state index in [-0.39, 0.29) is 35.7 Å². The van der Waals surface area contributed by atoms with Crippen LogP contribution in [0.15, 0.2) is 41.5 Å². The number of halogens is 5. The fraction of sp³-hybridized carbons (Fsp3) is 0.389. The lowest BCUT2D eigenvalue weighted by Gasteiger charge is -2.12. The molecule has 0 atom stereocenters. The smallest absolute Gasteiger partial charge is 0.357 e. The Balaban J connectivity index is 0.00000420. The minimum Gasteiger partial charge on any atom is -0.357 e. The second kappa shape index (κ2) is 12.4. The summed E-state index contributed by atoms with van der Waals surface area (Å²) in [4.78, 5) is 11.6. The van der Waals surface area contributed by atoms with Crippen molar-refractivity contribution in [2.24, 2.45) is 4.99 Å². The highest BCUT2D eigenvalue weighted by Crippen LogP contribution is 2.27. The highest BCUT2D eigenvalue weighted by atomic mass is 127. The molecule has 1 heterocycles. The van der Waals surface area contributed by atoms with Crippen molar-refractivity contribution < 1.29 is 17.6 Å².